The largest absolute Gasteiger partial charge is 0.388 e. The zero-order valence-electron chi connectivity index (χ0n) is 9.71. The average molecular weight is 287 g/mol. The van der Waals surface area contributed by atoms with Gasteiger partial charge < -0.3 is 5.11 Å². The van der Waals surface area contributed by atoms with E-state index >= 15 is 0 Å². The van der Waals surface area contributed by atoms with Gasteiger partial charge >= 0.3 is 0 Å². The molecule has 19 heavy (non-hydrogen) atoms. The zero-order chi connectivity index (χ0) is 14.0. The second-order valence-corrected chi connectivity index (χ2v) is 4.59. The van der Waals surface area contributed by atoms with Crippen molar-refractivity contribution in [3.63, 3.8) is 0 Å². The first-order chi connectivity index (χ1) is 8.95. The van der Waals surface area contributed by atoms with E-state index in [1.54, 1.807) is 0 Å². The van der Waals surface area contributed by atoms with Crippen LogP contribution in [0.3, 0.4) is 0 Å². The summed E-state index contributed by atoms with van der Waals surface area (Å²) in [6.45, 7) is 0. The monoisotopic (exact) mass is 286 g/mol. The Morgan fingerprint density at radius 3 is 2.26 bits per heavy atom. The van der Waals surface area contributed by atoms with Crippen molar-refractivity contribution in [1.82, 2.24) is 0 Å². The molecule has 1 nitrogen and oxygen atoms in total. The molecule has 2 rings (SSSR count). The summed E-state index contributed by atoms with van der Waals surface area (Å²) in [4.78, 5) is 0. The maximum Gasteiger partial charge on any atom is 0.126 e. The fraction of sp³-hybridized carbons (Fsp3) is 0.143. The van der Waals surface area contributed by atoms with E-state index in [0.29, 0.717) is 11.1 Å². The number of halogens is 4. The van der Waals surface area contributed by atoms with Gasteiger partial charge in [-0.2, -0.15) is 0 Å². The van der Waals surface area contributed by atoms with Gasteiger partial charge in [-0.3, -0.25) is 0 Å². The van der Waals surface area contributed by atoms with E-state index in [9.17, 15) is 18.3 Å². The first-order valence-electron chi connectivity index (χ1n) is 5.53. The minimum absolute atomic E-state index is 0.0527. The quantitative estimate of drug-likeness (QED) is 0.903. The van der Waals surface area contributed by atoms with Gasteiger partial charge in [0.15, 0.2) is 0 Å². The summed E-state index contributed by atoms with van der Waals surface area (Å²) >= 11 is 5.73. The summed E-state index contributed by atoms with van der Waals surface area (Å²) in [6.07, 6.45) is -1.33. The highest BCUT2D eigenvalue weighted by Crippen LogP contribution is 2.23. The molecular formula is C14H10ClF3O. The summed E-state index contributed by atoms with van der Waals surface area (Å²) in [5.41, 5.74) is 0.238. The van der Waals surface area contributed by atoms with Crippen molar-refractivity contribution in [1.29, 1.82) is 0 Å². The van der Waals surface area contributed by atoms with E-state index in [-0.39, 0.29) is 17.5 Å². The summed E-state index contributed by atoms with van der Waals surface area (Å²) < 4.78 is 39.5. The molecule has 0 saturated heterocycles. The number of aliphatic hydroxyl groups excluding tert-OH is 1. The third-order valence-electron chi connectivity index (χ3n) is 2.69. The maximum absolute atomic E-state index is 13.5. The van der Waals surface area contributed by atoms with Gasteiger partial charge in [-0.05, 0) is 41.5 Å². The number of aliphatic hydroxyl groups is 1. The first-order valence-corrected chi connectivity index (χ1v) is 5.91. The molecule has 100 valence electrons. The molecule has 0 aliphatic rings. The minimum atomic E-state index is -1.21. The lowest BCUT2D eigenvalue weighted by molar-refractivity contribution is 0.176. The van der Waals surface area contributed by atoms with E-state index in [0.717, 1.165) is 12.1 Å². The number of rotatable bonds is 3. The molecule has 0 bridgehead atoms. The second-order valence-electron chi connectivity index (χ2n) is 4.16. The van der Waals surface area contributed by atoms with Crippen LogP contribution in [0.4, 0.5) is 13.2 Å². The molecule has 0 spiro atoms. The van der Waals surface area contributed by atoms with E-state index in [4.69, 9.17) is 11.6 Å². The van der Waals surface area contributed by atoms with Crippen LogP contribution in [0.2, 0.25) is 5.02 Å². The van der Waals surface area contributed by atoms with E-state index in [1.165, 1.54) is 18.2 Å². The lowest BCUT2D eigenvalue weighted by Crippen LogP contribution is -2.04. The molecule has 0 fully saturated rings. The lowest BCUT2D eigenvalue weighted by atomic mass is 10.0. The zero-order valence-corrected chi connectivity index (χ0v) is 10.5. The summed E-state index contributed by atoms with van der Waals surface area (Å²) in [5.74, 6) is -2.11. The van der Waals surface area contributed by atoms with Crippen molar-refractivity contribution in [2.75, 3.05) is 0 Å². The topological polar surface area (TPSA) is 20.2 Å². The Balaban J connectivity index is 2.25. The second kappa shape index (κ2) is 5.63. The van der Waals surface area contributed by atoms with Gasteiger partial charge in [0.1, 0.15) is 17.5 Å². The molecule has 0 radical (unpaired) electrons. The van der Waals surface area contributed by atoms with E-state index in [1.807, 2.05) is 0 Å². The predicted molar refractivity (Wildman–Crippen MR) is 66.4 cm³/mol. The third-order valence-corrected chi connectivity index (χ3v) is 2.93. The SMILES string of the molecule is OC(Cc1cc(Cl)ccc1F)c1cc(F)cc(F)c1. The van der Waals surface area contributed by atoms with Crippen LogP contribution in [0.15, 0.2) is 36.4 Å². The van der Waals surface area contributed by atoms with Crippen LogP contribution >= 0.6 is 11.6 Å². The van der Waals surface area contributed by atoms with Gasteiger partial charge in [0.25, 0.3) is 0 Å². The molecule has 0 amide bonds. The predicted octanol–water partition coefficient (Wildman–Crippen LogP) is 4.03. The van der Waals surface area contributed by atoms with Crippen LogP contribution in [0.1, 0.15) is 17.2 Å². The van der Waals surface area contributed by atoms with Gasteiger partial charge in [0.2, 0.25) is 0 Å². The van der Waals surface area contributed by atoms with Crippen molar-refractivity contribution < 1.29 is 18.3 Å². The smallest absolute Gasteiger partial charge is 0.126 e. The Labute approximate surface area is 113 Å². The van der Waals surface area contributed by atoms with Crippen LogP contribution in [0.5, 0.6) is 0 Å². The van der Waals surface area contributed by atoms with Crippen LogP contribution in [-0.4, -0.2) is 5.11 Å². The molecule has 1 unspecified atom stereocenters. The maximum atomic E-state index is 13.5. The van der Waals surface area contributed by atoms with Crippen LogP contribution in [0, 0.1) is 17.5 Å². The van der Waals surface area contributed by atoms with Crippen molar-refractivity contribution in [2.24, 2.45) is 0 Å². The van der Waals surface area contributed by atoms with Crippen molar-refractivity contribution in [3.8, 4) is 0 Å². The molecule has 0 saturated carbocycles. The van der Waals surface area contributed by atoms with Gasteiger partial charge in [-0.25, -0.2) is 13.2 Å². The van der Waals surface area contributed by atoms with E-state index in [2.05, 4.69) is 0 Å². The Morgan fingerprint density at radius 1 is 1.00 bits per heavy atom. The average Bonchev–Trinajstić information content (AvgIpc) is 2.32. The molecule has 1 N–H and O–H groups in total. The third kappa shape index (κ3) is 3.49. The van der Waals surface area contributed by atoms with Gasteiger partial charge in [0.05, 0.1) is 6.10 Å². The highest BCUT2D eigenvalue weighted by atomic mass is 35.5. The molecule has 0 aliphatic heterocycles. The molecule has 1 atom stereocenters. The van der Waals surface area contributed by atoms with Crippen LogP contribution in [-0.2, 0) is 6.42 Å². The van der Waals surface area contributed by atoms with Crippen LogP contribution < -0.4 is 0 Å². The normalized spacial score (nSPS) is 12.5. The molecule has 0 aromatic heterocycles. The van der Waals surface area contributed by atoms with Gasteiger partial charge in [-0.15, -0.1) is 0 Å². The molecular weight excluding hydrogens is 277 g/mol. The summed E-state index contributed by atoms with van der Waals surface area (Å²) in [5, 5.41) is 10.2. The fourth-order valence-corrected chi connectivity index (χ4v) is 1.99. The molecule has 2 aromatic rings. The highest BCUT2D eigenvalue weighted by Gasteiger charge is 2.14. The number of hydrogen-bond donors (Lipinski definition) is 1. The Bertz CT molecular complexity index is 581. The first kappa shape index (κ1) is 13.9. The summed E-state index contributed by atoms with van der Waals surface area (Å²) in [7, 11) is 0. The van der Waals surface area contributed by atoms with Crippen LogP contribution in [0.25, 0.3) is 0 Å². The molecule has 2 aromatic carbocycles. The Morgan fingerprint density at radius 2 is 1.63 bits per heavy atom. The standard InChI is InChI=1S/C14H10ClF3O/c15-10-1-2-13(18)8(3-10)6-14(19)9-4-11(16)7-12(17)5-9/h1-5,7,14,19H,6H2. The molecule has 0 aliphatic carbocycles. The Hall–Kier alpha value is -1.52. The van der Waals surface area contributed by atoms with Gasteiger partial charge in [-0.1, -0.05) is 11.6 Å². The lowest BCUT2D eigenvalue weighted by Gasteiger charge is -2.12. The fourth-order valence-electron chi connectivity index (χ4n) is 1.79. The van der Waals surface area contributed by atoms with Crippen molar-refractivity contribution in [3.05, 3.63) is 70.0 Å². The van der Waals surface area contributed by atoms with Gasteiger partial charge in [0, 0.05) is 17.5 Å². The minimum Gasteiger partial charge on any atom is -0.388 e. The molecule has 5 heteroatoms. The van der Waals surface area contributed by atoms with E-state index < -0.39 is 23.6 Å². The summed E-state index contributed by atoms with van der Waals surface area (Å²) in [6, 6.07) is 6.66. The number of hydrogen-bond acceptors (Lipinski definition) is 1. The number of benzene rings is 2. The highest BCUT2D eigenvalue weighted by molar-refractivity contribution is 6.30. The Kier molecular flexibility index (Phi) is 4.12. The molecule has 0 heterocycles. The van der Waals surface area contributed by atoms with Crippen molar-refractivity contribution >= 4 is 11.6 Å². The van der Waals surface area contributed by atoms with Crippen molar-refractivity contribution in [2.45, 2.75) is 12.5 Å².